The first-order valence-electron chi connectivity index (χ1n) is 12.2. The Morgan fingerprint density at radius 3 is 2.44 bits per heavy atom. The van der Waals surface area contributed by atoms with Crippen molar-refractivity contribution in [2.45, 2.75) is 95.4 Å². The fraction of sp³-hybridized carbons (Fsp3) is 0.640. The van der Waals surface area contributed by atoms with Crippen LogP contribution in [0.4, 0.5) is 5.69 Å². The number of carbonyl (C=O) groups is 3. The Morgan fingerprint density at radius 2 is 1.75 bits per heavy atom. The second-order valence-corrected chi connectivity index (χ2v) is 10.3. The van der Waals surface area contributed by atoms with Crippen molar-refractivity contribution < 1.29 is 14.4 Å². The molecule has 32 heavy (non-hydrogen) atoms. The normalized spacial score (nSPS) is 32.8. The van der Waals surface area contributed by atoms with E-state index in [2.05, 4.69) is 23.2 Å². The number of rotatable bonds is 4. The van der Waals surface area contributed by atoms with Crippen LogP contribution in [0.1, 0.15) is 80.6 Å². The van der Waals surface area contributed by atoms with Gasteiger partial charge in [-0.3, -0.25) is 19.7 Å². The number of anilines is 1. The van der Waals surface area contributed by atoms with Gasteiger partial charge in [-0.05, 0) is 69.4 Å². The second kappa shape index (κ2) is 8.50. The molecule has 0 aromatic heterocycles. The minimum absolute atomic E-state index is 0.100. The molecule has 0 spiro atoms. The maximum atomic E-state index is 13.3. The average Bonchev–Trinajstić information content (AvgIpc) is 3.34. The van der Waals surface area contributed by atoms with Crippen molar-refractivity contribution in [1.29, 1.82) is 0 Å². The van der Waals surface area contributed by atoms with E-state index in [-0.39, 0.29) is 30.2 Å². The molecule has 5 rings (SSSR count). The van der Waals surface area contributed by atoms with Crippen LogP contribution in [0, 0.1) is 5.92 Å². The molecule has 1 unspecified atom stereocenters. The standard InChI is InChI=1S/C25H34N4O3/c1-15-5-8-17(9-6-15)29(18-10-7-16(26)13-18)21-4-2-3-19-20(21)14-28(25(19)32)22-11-12-23(30)27-24(22)31/h2-4,15-18,22H,5-14,26H2,1H3,(H,27,30,31)/t15?,16-,17?,18+,22?/m0/s1. The van der Waals surface area contributed by atoms with Gasteiger partial charge in [-0.2, -0.15) is 0 Å². The largest absolute Gasteiger partial charge is 0.365 e. The van der Waals surface area contributed by atoms with Crippen molar-refractivity contribution in [2.75, 3.05) is 4.90 Å². The summed E-state index contributed by atoms with van der Waals surface area (Å²) in [6, 6.07) is 6.54. The van der Waals surface area contributed by atoms with Gasteiger partial charge in [0.1, 0.15) is 6.04 Å². The molecule has 3 amide bonds. The first-order chi connectivity index (χ1) is 15.4. The molecule has 7 nitrogen and oxygen atoms in total. The third-order valence-electron chi connectivity index (χ3n) is 8.05. The van der Waals surface area contributed by atoms with Gasteiger partial charge < -0.3 is 15.5 Å². The van der Waals surface area contributed by atoms with Crippen LogP contribution >= 0.6 is 0 Å². The van der Waals surface area contributed by atoms with E-state index in [1.54, 1.807) is 4.90 Å². The number of carbonyl (C=O) groups excluding carboxylic acids is 3. The molecular weight excluding hydrogens is 404 g/mol. The lowest BCUT2D eigenvalue weighted by atomic mass is 9.85. The molecule has 2 heterocycles. The van der Waals surface area contributed by atoms with Crippen LogP contribution < -0.4 is 16.0 Å². The van der Waals surface area contributed by atoms with Crippen molar-refractivity contribution in [3.63, 3.8) is 0 Å². The number of nitrogens with two attached hydrogens (primary N) is 1. The van der Waals surface area contributed by atoms with E-state index in [1.165, 1.54) is 25.7 Å². The van der Waals surface area contributed by atoms with E-state index in [1.807, 2.05) is 12.1 Å². The summed E-state index contributed by atoms with van der Waals surface area (Å²) >= 11 is 0. The van der Waals surface area contributed by atoms with Crippen LogP contribution in [0.25, 0.3) is 0 Å². The lowest BCUT2D eigenvalue weighted by Crippen LogP contribution is -2.52. The highest BCUT2D eigenvalue weighted by atomic mass is 16.2. The maximum absolute atomic E-state index is 13.3. The maximum Gasteiger partial charge on any atom is 0.255 e. The summed E-state index contributed by atoms with van der Waals surface area (Å²) in [5, 5.41) is 2.40. The smallest absolute Gasteiger partial charge is 0.255 e. The molecule has 1 aromatic carbocycles. The molecule has 1 saturated heterocycles. The van der Waals surface area contributed by atoms with E-state index < -0.39 is 6.04 Å². The number of amides is 3. The van der Waals surface area contributed by atoms with Crippen LogP contribution in [0.5, 0.6) is 0 Å². The molecule has 4 aliphatic rings. The number of imide groups is 1. The summed E-state index contributed by atoms with van der Waals surface area (Å²) < 4.78 is 0. The molecule has 3 atom stereocenters. The molecule has 3 N–H and O–H groups in total. The third-order valence-corrected chi connectivity index (χ3v) is 8.05. The highest BCUT2D eigenvalue weighted by Gasteiger charge is 2.42. The number of hydrogen-bond acceptors (Lipinski definition) is 5. The minimum atomic E-state index is -0.579. The van der Waals surface area contributed by atoms with E-state index >= 15 is 0 Å². The lowest BCUT2D eigenvalue weighted by molar-refractivity contribution is -0.136. The van der Waals surface area contributed by atoms with Gasteiger partial charge >= 0.3 is 0 Å². The van der Waals surface area contributed by atoms with Crippen LogP contribution in [-0.2, 0) is 16.1 Å². The van der Waals surface area contributed by atoms with Gasteiger partial charge in [0.25, 0.3) is 5.91 Å². The number of piperidine rings is 1. The van der Waals surface area contributed by atoms with Crippen LogP contribution in [-0.4, -0.2) is 46.8 Å². The van der Waals surface area contributed by atoms with Crippen LogP contribution in [0.2, 0.25) is 0 Å². The van der Waals surface area contributed by atoms with Gasteiger partial charge in [-0.25, -0.2) is 0 Å². The van der Waals surface area contributed by atoms with Crippen molar-refractivity contribution in [3.8, 4) is 0 Å². The first-order valence-corrected chi connectivity index (χ1v) is 12.2. The second-order valence-electron chi connectivity index (χ2n) is 10.3. The monoisotopic (exact) mass is 438 g/mol. The van der Waals surface area contributed by atoms with Crippen molar-refractivity contribution in [1.82, 2.24) is 10.2 Å². The number of nitrogens with one attached hydrogen (secondary N) is 1. The van der Waals surface area contributed by atoms with Gasteiger partial charge in [-0.15, -0.1) is 0 Å². The Hall–Kier alpha value is -2.41. The molecular formula is C25H34N4O3. The Bertz CT molecular complexity index is 924. The van der Waals surface area contributed by atoms with Gasteiger partial charge in [-0.1, -0.05) is 13.0 Å². The highest BCUT2D eigenvalue weighted by molar-refractivity contribution is 6.06. The molecule has 0 radical (unpaired) electrons. The van der Waals surface area contributed by atoms with Crippen molar-refractivity contribution in [2.24, 2.45) is 11.7 Å². The quantitative estimate of drug-likeness (QED) is 0.705. The number of fused-ring (bicyclic) bond motifs is 1. The molecule has 1 aromatic rings. The fourth-order valence-electron chi connectivity index (χ4n) is 6.27. The number of nitrogens with zero attached hydrogens (tertiary/aromatic N) is 2. The summed E-state index contributed by atoms with van der Waals surface area (Å²) in [4.78, 5) is 41.6. The average molecular weight is 439 g/mol. The zero-order chi connectivity index (χ0) is 22.4. The molecule has 3 fully saturated rings. The van der Waals surface area contributed by atoms with E-state index in [4.69, 9.17) is 5.73 Å². The molecule has 2 aliphatic heterocycles. The van der Waals surface area contributed by atoms with Crippen molar-refractivity contribution in [3.05, 3.63) is 29.3 Å². The molecule has 2 saturated carbocycles. The van der Waals surface area contributed by atoms with Gasteiger partial charge in [0.05, 0.1) is 0 Å². The van der Waals surface area contributed by atoms with Crippen LogP contribution in [0.15, 0.2) is 18.2 Å². The van der Waals surface area contributed by atoms with Crippen molar-refractivity contribution >= 4 is 23.4 Å². The third kappa shape index (κ3) is 3.81. The summed E-state index contributed by atoms with van der Waals surface area (Å²) in [5.41, 5.74) is 9.18. The zero-order valence-corrected chi connectivity index (χ0v) is 18.9. The predicted molar refractivity (Wildman–Crippen MR) is 122 cm³/mol. The first kappa shape index (κ1) is 21.4. The summed E-state index contributed by atoms with van der Waals surface area (Å²) in [5.74, 6) is 0.0527. The topological polar surface area (TPSA) is 95.7 Å². The van der Waals surface area contributed by atoms with E-state index in [0.29, 0.717) is 30.6 Å². The molecule has 0 bridgehead atoms. The fourth-order valence-corrected chi connectivity index (χ4v) is 6.27. The van der Waals surface area contributed by atoms with Crippen LogP contribution in [0.3, 0.4) is 0 Å². The van der Waals surface area contributed by atoms with Gasteiger partial charge in [0, 0.05) is 47.9 Å². The Labute approximate surface area is 189 Å². The summed E-state index contributed by atoms with van der Waals surface area (Å²) in [7, 11) is 0. The molecule has 172 valence electrons. The van der Waals surface area contributed by atoms with E-state index in [9.17, 15) is 14.4 Å². The SMILES string of the molecule is CC1CCC(N(c2cccc3c2CN(C2CCC(=O)NC2=O)C3=O)[C@@H]2CC[C@H](N)C2)CC1. The Morgan fingerprint density at radius 1 is 1.00 bits per heavy atom. The van der Waals surface area contributed by atoms with E-state index in [0.717, 1.165) is 36.4 Å². The highest BCUT2D eigenvalue weighted by Crippen LogP contribution is 2.41. The van der Waals surface area contributed by atoms with Gasteiger partial charge in [0.15, 0.2) is 0 Å². The number of benzene rings is 1. The number of hydrogen-bond donors (Lipinski definition) is 2. The minimum Gasteiger partial charge on any atom is -0.365 e. The van der Waals surface area contributed by atoms with Gasteiger partial charge in [0.2, 0.25) is 11.8 Å². The summed E-state index contributed by atoms with van der Waals surface area (Å²) in [6.07, 6.45) is 8.58. The lowest BCUT2D eigenvalue weighted by Gasteiger charge is -2.42. The zero-order valence-electron chi connectivity index (χ0n) is 18.9. The predicted octanol–water partition coefficient (Wildman–Crippen LogP) is 2.71. The molecule has 7 heteroatoms. The molecule has 2 aliphatic carbocycles. The Balaban J connectivity index is 1.47. The summed E-state index contributed by atoms with van der Waals surface area (Å²) in [6.45, 7) is 2.76. The Kier molecular flexibility index (Phi) is 5.70.